The van der Waals surface area contributed by atoms with Gasteiger partial charge in [0.15, 0.2) is 0 Å². The first kappa shape index (κ1) is 11.6. The number of alkyl halides is 4. The molecule has 0 fully saturated rings. The Morgan fingerprint density at radius 2 is 2.00 bits per heavy atom. The topological polar surface area (TPSA) is 20.3 Å². The number of hydrogen-bond acceptors (Lipinski definition) is 1. The largest absolute Gasteiger partial charge is 0.406 e. The Labute approximate surface area is 73.3 Å². The summed E-state index contributed by atoms with van der Waals surface area (Å²) in [5.41, 5.74) is 0. The van der Waals surface area contributed by atoms with Crippen LogP contribution >= 0.6 is 11.6 Å². The van der Waals surface area contributed by atoms with Crippen molar-refractivity contribution >= 4 is 17.5 Å². The van der Waals surface area contributed by atoms with E-state index in [1.807, 2.05) is 0 Å². The highest BCUT2D eigenvalue weighted by molar-refractivity contribution is 6.18. The molecule has 12 heavy (non-hydrogen) atoms. The fraction of sp³-hybridized carbons (Fsp3) is 0.833. The van der Waals surface area contributed by atoms with Gasteiger partial charge in [0.05, 0.1) is 0 Å². The molecule has 0 spiro atoms. The second-order valence-corrected chi connectivity index (χ2v) is 2.62. The van der Waals surface area contributed by atoms with Gasteiger partial charge in [-0.2, -0.15) is 13.2 Å². The van der Waals surface area contributed by atoms with E-state index in [1.54, 1.807) is 0 Å². The molecule has 0 radical (unpaired) electrons. The molecular formula is C6H9ClF3NO. The molecule has 0 saturated carbocycles. The summed E-state index contributed by atoms with van der Waals surface area (Å²) in [5.74, 6) is -0.608. The average Bonchev–Trinajstić information content (AvgIpc) is 1.83. The van der Waals surface area contributed by atoms with E-state index in [2.05, 4.69) is 0 Å². The van der Waals surface area contributed by atoms with Gasteiger partial charge in [-0.1, -0.05) is 0 Å². The van der Waals surface area contributed by atoms with E-state index in [-0.39, 0.29) is 12.4 Å². The summed E-state index contributed by atoms with van der Waals surface area (Å²) < 4.78 is 35.3. The Bertz CT molecular complexity index is 159. The summed E-state index contributed by atoms with van der Waals surface area (Å²) in [7, 11) is 0. The standard InChI is InChI=1S/C6H9ClF3NO/c1-5(12)11(3-2-7)4-6(8,9)10/h2-4H2,1H3. The maximum atomic E-state index is 11.8. The Morgan fingerprint density at radius 1 is 1.50 bits per heavy atom. The Kier molecular flexibility index (Phi) is 4.37. The minimum atomic E-state index is -4.35. The van der Waals surface area contributed by atoms with E-state index in [9.17, 15) is 18.0 Å². The zero-order chi connectivity index (χ0) is 9.78. The highest BCUT2D eigenvalue weighted by Gasteiger charge is 2.31. The molecule has 0 aromatic heterocycles. The molecular weight excluding hydrogens is 195 g/mol. The molecule has 0 aliphatic rings. The van der Waals surface area contributed by atoms with Crippen LogP contribution in [0.4, 0.5) is 13.2 Å². The van der Waals surface area contributed by atoms with Crippen molar-refractivity contribution in [1.29, 1.82) is 0 Å². The third-order valence-electron chi connectivity index (χ3n) is 1.17. The van der Waals surface area contributed by atoms with Crippen LogP contribution in [0.15, 0.2) is 0 Å². The minimum absolute atomic E-state index is 0.00958. The van der Waals surface area contributed by atoms with Crippen LogP contribution in [-0.4, -0.2) is 36.0 Å². The Hall–Kier alpha value is -0.450. The van der Waals surface area contributed by atoms with Gasteiger partial charge in [0.25, 0.3) is 0 Å². The average molecular weight is 204 g/mol. The van der Waals surface area contributed by atoms with Gasteiger partial charge in [0.2, 0.25) is 5.91 Å². The molecule has 0 aliphatic carbocycles. The summed E-state index contributed by atoms with van der Waals surface area (Å²) >= 11 is 5.21. The number of nitrogens with zero attached hydrogens (tertiary/aromatic N) is 1. The van der Waals surface area contributed by atoms with Gasteiger partial charge >= 0.3 is 6.18 Å². The quantitative estimate of drug-likeness (QED) is 0.639. The molecule has 0 saturated heterocycles. The van der Waals surface area contributed by atoms with Crippen LogP contribution in [0.25, 0.3) is 0 Å². The molecule has 0 aromatic carbocycles. The first-order valence-electron chi connectivity index (χ1n) is 3.25. The predicted molar refractivity (Wildman–Crippen MR) is 39.0 cm³/mol. The summed E-state index contributed by atoms with van der Waals surface area (Å²) in [4.78, 5) is 11.2. The number of rotatable bonds is 3. The van der Waals surface area contributed by atoms with Crippen molar-refractivity contribution in [3.63, 3.8) is 0 Å². The number of carbonyl (C=O) groups is 1. The number of hydrogen-bond donors (Lipinski definition) is 0. The van der Waals surface area contributed by atoms with Crippen molar-refractivity contribution in [1.82, 2.24) is 4.90 Å². The zero-order valence-corrected chi connectivity index (χ0v) is 7.24. The molecule has 0 N–H and O–H groups in total. The van der Waals surface area contributed by atoms with E-state index in [0.29, 0.717) is 4.90 Å². The van der Waals surface area contributed by atoms with Crippen LogP contribution in [0.1, 0.15) is 6.92 Å². The second-order valence-electron chi connectivity index (χ2n) is 2.24. The lowest BCUT2D eigenvalue weighted by Crippen LogP contribution is -2.38. The van der Waals surface area contributed by atoms with Gasteiger partial charge < -0.3 is 4.90 Å². The summed E-state index contributed by atoms with van der Waals surface area (Å²) in [6.45, 7) is -0.219. The van der Waals surface area contributed by atoms with Crippen LogP contribution in [0.5, 0.6) is 0 Å². The summed E-state index contributed by atoms with van der Waals surface area (Å²) in [5, 5.41) is 0. The molecule has 0 aromatic rings. The molecule has 0 heterocycles. The van der Waals surface area contributed by atoms with Crippen LogP contribution in [0.3, 0.4) is 0 Å². The molecule has 0 bridgehead atoms. The Balaban J connectivity index is 4.05. The lowest BCUT2D eigenvalue weighted by molar-refractivity contribution is -0.159. The fourth-order valence-corrected chi connectivity index (χ4v) is 0.870. The first-order chi connectivity index (χ1) is 5.37. The van der Waals surface area contributed by atoms with Gasteiger partial charge in [-0.15, -0.1) is 11.6 Å². The predicted octanol–water partition coefficient (Wildman–Crippen LogP) is 1.64. The van der Waals surface area contributed by atoms with Crippen LogP contribution in [0, 0.1) is 0 Å². The summed E-state index contributed by atoms with van der Waals surface area (Å²) in [6.07, 6.45) is -4.35. The zero-order valence-electron chi connectivity index (χ0n) is 6.49. The van der Waals surface area contributed by atoms with Gasteiger partial charge in [0.1, 0.15) is 6.54 Å². The molecule has 0 aliphatic heterocycles. The van der Waals surface area contributed by atoms with E-state index in [1.165, 1.54) is 0 Å². The highest BCUT2D eigenvalue weighted by Crippen LogP contribution is 2.16. The lowest BCUT2D eigenvalue weighted by atomic mass is 10.4. The van der Waals surface area contributed by atoms with Crippen molar-refractivity contribution in [2.24, 2.45) is 0 Å². The summed E-state index contributed by atoms with van der Waals surface area (Å²) in [6, 6.07) is 0. The van der Waals surface area contributed by atoms with Crippen molar-refractivity contribution in [3.8, 4) is 0 Å². The molecule has 0 atom stereocenters. The number of halogens is 4. The van der Waals surface area contributed by atoms with Crippen molar-refractivity contribution in [2.75, 3.05) is 19.0 Å². The normalized spacial score (nSPS) is 11.4. The monoisotopic (exact) mass is 203 g/mol. The van der Waals surface area contributed by atoms with E-state index >= 15 is 0 Å². The molecule has 1 amide bonds. The number of carbonyl (C=O) groups excluding carboxylic acids is 1. The maximum absolute atomic E-state index is 11.8. The molecule has 0 unspecified atom stereocenters. The SMILES string of the molecule is CC(=O)N(CCCl)CC(F)(F)F. The fourth-order valence-electron chi connectivity index (χ4n) is 0.666. The Morgan fingerprint density at radius 3 is 2.25 bits per heavy atom. The third-order valence-corrected chi connectivity index (χ3v) is 1.34. The van der Waals surface area contributed by atoms with Gasteiger partial charge in [-0.25, -0.2) is 0 Å². The van der Waals surface area contributed by atoms with Gasteiger partial charge in [-0.05, 0) is 0 Å². The third kappa shape index (κ3) is 5.23. The molecule has 0 rings (SSSR count). The van der Waals surface area contributed by atoms with Crippen LogP contribution in [-0.2, 0) is 4.79 Å². The van der Waals surface area contributed by atoms with Crippen molar-refractivity contribution in [2.45, 2.75) is 13.1 Å². The molecule has 72 valence electrons. The minimum Gasteiger partial charge on any atom is -0.333 e. The first-order valence-corrected chi connectivity index (χ1v) is 3.78. The van der Waals surface area contributed by atoms with Gasteiger partial charge in [-0.3, -0.25) is 4.79 Å². The molecule has 2 nitrogen and oxygen atoms in total. The van der Waals surface area contributed by atoms with E-state index in [4.69, 9.17) is 11.6 Å². The van der Waals surface area contributed by atoms with Gasteiger partial charge in [0, 0.05) is 19.3 Å². The second kappa shape index (κ2) is 4.54. The highest BCUT2D eigenvalue weighted by atomic mass is 35.5. The molecule has 6 heteroatoms. The lowest BCUT2D eigenvalue weighted by Gasteiger charge is -2.20. The smallest absolute Gasteiger partial charge is 0.333 e. The van der Waals surface area contributed by atoms with Crippen LogP contribution < -0.4 is 0 Å². The maximum Gasteiger partial charge on any atom is 0.406 e. The van der Waals surface area contributed by atoms with E-state index < -0.39 is 18.6 Å². The van der Waals surface area contributed by atoms with Crippen LogP contribution in [0.2, 0.25) is 0 Å². The number of amides is 1. The van der Waals surface area contributed by atoms with E-state index in [0.717, 1.165) is 6.92 Å². The van der Waals surface area contributed by atoms with Crippen molar-refractivity contribution in [3.05, 3.63) is 0 Å². The van der Waals surface area contributed by atoms with Crippen molar-refractivity contribution < 1.29 is 18.0 Å².